The Kier molecular flexibility index (Phi) is 5.11. The number of carbonyl (C=O) groups is 1. The van der Waals surface area contributed by atoms with Crippen molar-refractivity contribution in [3.63, 3.8) is 0 Å². The number of nitrogens with two attached hydrogens (primary N) is 1. The molecule has 17 heavy (non-hydrogen) atoms. The van der Waals surface area contributed by atoms with Crippen LogP contribution in [0.4, 0.5) is 0 Å². The number of aliphatic hydroxyl groups is 1. The fraction of sp³-hybridized carbons (Fsp3) is 0.636. The highest BCUT2D eigenvalue weighted by Crippen LogP contribution is 2.08. The van der Waals surface area contributed by atoms with Crippen LogP contribution in [0.3, 0.4) is 0 Å². The van der Waals surface area contributed by atoms with Gasteiger partial charge >= 0.3 is 0 Å². The van der Waals surface area contributed by atoms with Crippen LogP contribution in [-0.4, -0.2) is 33.4 Å². The van der Waals surface area contributed by atoms with Crippen LogP contribution in [0.1, 0.15) is 31.4 Å². The van der Waals surface area contributed by atoms with Crippen molar-refractivity contribution in [1.82, 2.24) is 15.1 Å². The van der Waals surface area contributed by atoms with Gasteiger partial charge in [0.1, 0.15) is 6.04 Å². The fourth-order valence-corrected chi connectivity index (χ4v) is 1.43. The molecule has 0 radical (unpaired) electrons. The average Bonchev–Trinajstić information content (AvgIpc) is 2.74. The summed E-state index contributed by atoms with van der Waals surface area (Å²) in [5, 5.41) is 16.0. The van der Waals surface area contributed by atoms with Crippen molar-refractivity contribution in [3.05, 3.63) is 18.0 Å². The summed E-state index contributed by atoms with van der Waals surface area (Å²) in [6.45, 7) is 2.33. The second-order valence-corrected chi connectivity index (χ2v) is 4.07. The topological polar surface area (TPSA) is 93.2 Å². The molecule has 1 amide bonds. The van der Waals surface area contributed by atoms with Crippen molar-refractivity contribution < 1.29 is 9.90 Å². The normalized spacial score (nSPS) is 14.4. The largest absolute Gasteiger partial charge is 0.393 e. The highest BCUT2D eigenvalue weighted by molar-refractivity contribution is 5.82. The number of nitrogens with one attached hydrogen (secondary N) is 1. The number of rotatable bonds is 6. The number of aromatic nitrogens is 2. The molecule has 0 aliphatic heterocycles. The van der Waals surface area contributed by atoms with Gasteiger partial charge in [-0.1, -0.05) is 6.92 Å². The Morgan fingerprint density at radius 2 is 2.41 bits per heavy atom. The monoisotopic (exact) mass is 240 g/mol. The van der Waals surface area contributed by atoms with Crippen LogP contribution in [0.2, 0.25) is 0 Å². The molecular weight excluding hydrogens is 220 g/mol. The molecule has 0 bridgehead atoms. The zero-order valence-electron chi connectivity index (χ0n) is 10.3. The summed E-state index contributed by atoms with van der Waals surface area (Å²) in [7, 11) is 1.77. The highest BCUT2D eigenvalue weighted by Gasteiger charge is 2.16. The van der Waals surface area contributed by atoms with Crippen molar-refractivity contribution >= 4 is 5.91 Å². The summed E-state index contributed by atoms with van der Waals surface area (Å²) in [5.74, 6) is -0.249. The van der Waals surface area contributed by atoms with Gasteiger partial charge in [-0.05, 0) is 12.8 Å². The molecule has 0 aliphatic rings. The number of aryl methyl sites for hydroxylation is 1. The van der Waals surface area contributed by atoms with E-state index in [2.05, 4.69) is 10.4 Å². The first-order chi connectivity index (χ1) is 8.04. The predicted octanol–water partition coefficient (Wildman–Crippen LogP) is -0.303. The van der Waals surface area contributed by atoms with E-state index < -0.39 is 6.04 Å². The Labute approximate surface area is 101 Å². The predicted molar refractivity (Wildman–Crippen MR) is 64.1 cm³/mol. The maximum atomic E-state index is 11.7. The first-order valence-corrected chi connectivity index (χ1v) is 5.74. The van der Waals surface area contributed by atoms with Crippen LogP contribution >= 0.6 is 0 Å². The van der Waals surface area contributed by atoms with E-state index in [1.165, 1.54) is 0 Å². The highest BCUT2D eigenvalue weighted by atomic mass is 16.3. The summed E-state index contributed by atoms with van der Waals surface area (Å²) in [5.41, 5.74) is 6.45. The quantitative estimate of drug-likeness (QED) is 0.636. The number of nitrogens with zero attached hydrogens (tertiary/aromatic N) is 2. The van der Waals surface area contributed by atoms with Crippen molar-refractivity contribution in [2.24, 2.45) is 12.8 Å². The van der Waals surface area contributed by atoms with Crippen LogP contribution in [0.25, 0.3) is 0 Å². The Morgan fingerprint density at radius 1 is 1.71 bits per heavy atom. The number of amides is 1. The lowest BCUT2D eigenvalue weighted by Gasteiger charge is -2.12. The molecule has 2 unspecified atom stereocenters. The molecule has 0 saturated carbocycles. The zero-order chi connectivity index (χ0) is 12.8. The minimum atomic E-state index is -0.706. The molecular formula is C11H20N4O2. The van der Waals surface area contributed by atoms with Gasteiger partial charge in [-0.2, -0.15) is 5.10 Å². The molecule has 1 aromatic heterocycles. The van der Waals surface area contributed by atoms with Crippen LogP contribution < -0.4 is 11.1 Å². The van der Waals surface area contributed by atoms with Gasteiger partial charge in [0.05, 0.1) is 12.3 Å². The van der Waals surface area contributed by atoms with Gasteiger partial charge in [0.15, 0.2) is 0 Å². The van der Waals surface area contributed by atoms with Gasteiger partial charge in [0.2, 0.25) is 5.91 Å². The van der Waals surface area contributed by atoms with Gasteiger partial charge in [-0.15, -0.1) is 0 Å². The lowest BCUT2D eigenvalue weighted by Crippen LogP contribution is -2.35. The number of aliphatic hydroxyl groups excluding tert-OH is 1. The molecule has 0 aliphatic carbocycles. The SMILES string of the molecule is CCC(O)CCNC(=O)C(N)c1cnn(C)c1. The number of hydrogen-bond acceptors (Lipinski definition) is 4. The summed E-state index contributed by atoms with van der Waals surface area (Å²) >= 11 is 0. The maximum absolute atomic E-state index is 11.7. The molecule has 0 fully saturated rings. The van der Waals surface area contributed by atoms with E-state index in [-0.39, 0.29) is 12.0 Å². The van der Waals surface area contributed by atoms with E-state index in [0.29, 0.717) is 24.9 Å². The first kappa shape index (κ1) is 13.7. The second-order valence-electron chi connectivity index (χ2n) is 4.07. The lowest BCUT2D eigenvalue weighted by atomic mass is 10.1. The van der Waals surface area contributed by atoms with E-state index in [4.69, 9.17) is 5.73 Å². The van der Waals surface area contributed by atoms with E-state index in [9.17, 15) is 9.90 Å². The molecule has 0 saturated heterocycles. The molecule has 6 nitrogen and oxygen atoms in total. The van der Waals surface area contributed by atoms with Crippen molar-refractivity contribution in [1.29, 1.82) is 0 Å². The Bertz CT molecular complexity index is 364. The summed E-state index contributed by atoms with van der Waals surface area (Å²) in [4.78, 5) is 11.7. The molecule has 2 atom stereocenters. The lowest BCUT2D eigenvalue weighted by molar-refractivity contribution is -0.122. The minimum absolute atomic E-state index is 0.249. The van der Waals surface area contributed by atoms with Gasteiger partial charge in [-0.3, -0.25) is 9.48 Å². The molecule has 1 aromatic rings. The molecule has 1 heterocycles. The Balaban J connectivity index is 2.37. The van der Waals surface area contributed by atoms with Crippen molar-refractivity contribution in [3.8, 4) is 0 Å². The smallest absolute Gasteiger partial charge is 0.241 e. The standard InChI is InChI=1S/C11H20N4O2/c1-3-9(16)4-5-13-11(17)10(12)8-6-14-15(2)7-8/h6-7,9-10,16H,3-5,12H2,1-2H3,(H,13,17). The molecule has 1 rings (SSSR count). The molecule has 0 spiro atoms. The molecule has 0 aromatic carbocycles. The van der Waals surface area contributed by atoms with Gasteiger partial charge < -0.3 is 16.2 Å². The van der Waals surface area contributed by atoms with Crippen LogP contribution in [0, 0.1) is 0 Å². The van der Waals surface area contributed by atoms with E-state index in [1.54, 1.807) is 24.1 Å². The van der Waals surface area contributed by atoms with E-state index in [0.717, 1.165) is 0 Å². The number of hydrogen-bond donors (Lipinski definition) is 3. The first-order valence-electron chi connectivity index (χ1n) is 5.74. The fourth-order valence-electron chi connectivity index (χ4n) is 1.43. The average molecular weight is 240 g/mol. The third kappa shape index (κ3) is 4.16. The van der Waals surface area contributed by atoms with Gasteiger partial charge in [-0.25, -0.2) is 0 Å². The van der Waals surface area contributed by atoms with Crippen molar-refractivity contribution in [2.75, 3.05) is 6.54 Å². The van der Waals surface area contributed by atoms with Crippen LogP contribution in [-0.2, 0) is 11.8 Å². The third-order valence-electron chi connectivity index (χ3n) is 2.61. The van der Waals surface area contributed by atoms with Crippen LogP contribution in [0.5, 0.6) is 0 Å². The summed E-state index contributed by atoms with van der Waals surface area (Å²) in [6, 6.07) is -0.706. The minimum Gasteiger partial charge on any atom is -0.393 e. The van der Waals surface area contributed by atoms with Gasteiger partial charge in [0, 0.05) is 25.4 Å². The summed E-state index contributed by atoms with van der Waals surface area (Å²) in [6.07, 6.45) is 4.15. The second kappa shape index (κ2) is 6.36. The molecule has 4 N–H and O–H groups in total. The molecule has 96 valence electrons. The van der Waals surface area contributed by atoms with Crippen molar-refractivity contribution in [2.45, 2.75) is 31.9 Å². The van der Waals surface area contributed by atoms with Gasteiger partial charge in [0.25, 0.3) is 0 Å². The van der Waals surface area contributed by atoms with E-state index in [1.807, 2.05) is 6.92 Å². The number of carbonyl (C=O) groups excluding carboxylic acids is 1. The Hall–Kier alpha value is -1.40. The summed E-state index contributed by atoms with van der Waals surface area (Å²) < 4.78 is 1.60. The maximum Gasteiger partial charge on any atom is 0.241 e. The van der Waals surface area contributed by atoms with Crippen LogP contribution in [0.15, 0.2) is 12.4 Å². The zero-order valence-corrected chi connectivity index (χ0v) is 10.3. The van der Waals surface area contributed by atoms with E-state index >= 15 is 0 Å². The third-order valence-corrected chi connectivity index (χ3v) is 2.61. The Morgan fingerprint density at radius 3 is 2.94 bits per heavy atom. The molecule has 6 heteroatoms.